The van der Waals surface area contributed by atoms with Gasteiger partial charge in [0, 0.05) is 0 Å². The van der Waals surface area contributed by atoms with Crippen LogP contribution in [0.25, 0.3) is 0 Å². The van der Waals surface area contributed by atoms with Crippen molar-refractivity contribution < 1.29 is 13.0 Å². The quantitative estimate of drug-likeness (QED) is 0.0756. The van der Waals surface area contributed by atoms with E-state index < -0.39 is 32.3 Å². The summed E-state index contributed by atoms with van der Waals surface area (Å²) < 4.78 is 28.3. The highest BCUT2D eigenvalue weighted by Crippen LogP contribution is 2.33. The van der Waals surface area contributed by atoms with Crippen LogP contribution < -0.4 is 46.7 Å². The van der Waals surface area contributed by atoms with Gasteiger partial charge in [0.1, 0.15) is 0 Å². The third-order valence-corrected chi connectivity index (χ3v) is 34.2. The first-order valence-corrected chi connectivity index (χ1v) is 37.7. The van der Waals surface area contributed by atoms with Gasteiger partial charge >= 0.3 is 7.32 Å². The summed E-state index contributed by atoms with van der Waals surface area (Å²) in [6, 6.07) is 43.1. The van der Waals surface area contributed by atoms with E-state index in [2.05, 4.69) is 296 Å². The van der Waals surface area contributed by atoms with Crippen LogP contribution in [0.15, 0.2) is 109 Å². The molecule has 456 valence electrons. The Morgan fingerprint density at radius 1 is 0.159 bits per heavy atom. The van der Waals surface area contributed by atoms with Crippen LogP contribution in [-0.2, 0) is 13.0 Å². The predicted molar refractivity (Wildman–Crippen MR) is 389 cm³/mol. The first-order chi connectivity index (χ1) is 41.2. The van der Waals surface area contributed by atoms with Crippen molar-refractivity contribution >= 4 is 79.0 Å². The van der Waals surface area contributed by atoms with Crippen LogP contribution in [0.1, 0.15) is 150 Å². The van der Waals surface area contributed by atoms with E-state index in [1.54, 1.807) is 0 Å². The van der Waals surface area contributed by atoms with Gasteiger partial charge in [0.05, 0.1) is 0 Å². The van der Waals surface area contributed by atoms with Gasteiger partial charge in [-0.05, 0) is 334 Å². The molecule has 9 rings (SSSR count). The van der Waals surface area contributed by atoms with Crippen molar-refractivity contribution in [2.24, 2.45) is 0 Å². The number of hydrogen-bond donors (Lipinski definition) is 0. The van der Waals surface area contributed by atoms with E-state index in [4.69, 9.17) is 0 Å². The van der Waals surface area contributed by atoms with Crippen molar-refractivity contribution in [3.63, 3.8) is 0 Å². The van der Waals surface area contributed by atoms with Gasteiger partial charge in [0.2, 0.25) is 0 Å². The summed E-state index contributed by atoms with van der Waals surface area (Å²) in [6.45, 7) is 62.2. The topological polar surface area (TPSA) is 27.7 Å². The maximum Gasteiger partial charge on any atom is 0.608 e. The van der Waals surface area contributed by atoms with Crippen molar-refractivity contribution in [2.45, 2.75) is 187 Å². The van der Waals surface area contributed by atoms with E-state index in [1.807, 2.05) is 0 Å². The molecule has 9 aromatic rings. The van der Waals surface area contributed by atoms with E-state index in [-0.39, 0.29) is 0 Å². The molecule has 0 fully saturated rings. The van der Waals surface area contributed by atoms with Gasteiger partial charge in [0.25, 0.3) is 25.0 Å². The van der Waals surface area contributed by atoms with Crippen LogP contribution in [-0.4, -0.2) is 32.3 Å². The molecule has 0 aliphatic heterocycles. The second kappa shape index (κ2) is 24.8. The Hall–Kier alpha value is -6.42. The van der Waals surface area contributed by atoms with Gasteiger partial charge in [-0.25, -0.2) is 0 Å². The molecule has 0 aliphatic rings. The fourth-order valence-corrected chi connectivity index (χ4v) is 33.8. The summed E-state index contributed by atoms with van der Waals surface area (Å²) in [7, 11) is -13.5. The lowest BCUT2D eigenvalue weighted by molar-refractivity contribution is 0.314. The smallest absolute Gasteiger partial charge is 0.418 e. The number of benzene rings is 9. The Morgan fingerprint density at radius 2 is 0.239 bits per heavy atom. The van der Waals surface area contributed by atoms with Gasteiger partial charge in [0.15, 0.2) is 0 Å². The third-order valence-electron chi connectivity index (χ3n) is 19.1. The molecule has 0 bridgehead atoms. The van der Waals surface area contributed by atoms with E-state index in [0.29, 0.717) is 0 Å². The number of rotatable bonds is 15. The van der Waals surface area contributed by atoms with Gasteiger partial charge in [-0.3, -0.25) is 0 Å². The van der Waals surface area contributed by atoms with Gasteiger partial charge < -0.3 is 13.0 Å². The summed E-state index contributed by atoms with van der Waals surface area (Å²) in [6.07, 6.45) is 0. The van der Waals surface area contributed by atoms with E-state index >= 15 is 0 Å². The highest BCUT2D eigenvalue weighted by molar-refractivity contribution is 7.15. The second-order valence-electron chi connectivity index (χ2n) is 27.6. The summed E-state index contributed by atoms with van der Waals surface area (Å²) in [5.41, 5.74) is 32.7. The number of hydrogen-bond acceptors (Lipinski definition) is 3. The third kappa shape index (κ3) is 11.5. The Kier molecular flexibility index (Phi) is 18.6. The second-order valence-corrected chi connectivity index (χ2v) is 36.9. The van der Waals surface area contributed by atoms with Crippen molar-refractivity contribution in [3.05, 3.63) is 259 Å². The van der Waals surface area contributed by atoms with Crippen LogP contribution in [0.4, 0.5) is 0 Å². The van der Waals surface area contributed by atoms with Crippen LogP contribution in [0, 0.1) is 187 Å². The maximum absolute atomic E-state index is 9.43. The van der Waals surface area contributed by atoms with Crippen molar-refractivity contribution in [3.8, 4) is 0 Å². The lowest BCUT2D eigenvalue weighted by atomic mass is 10.1. The summed E-state index contributed by atoms with van der Waals surface area (Å²) in [4.78, 5) is 0. The van der Waals surface area contributed by atoms with E-state index in [9.17, 15) is 13.0 Å². The largest absolute Gasteiger partial charge is 0.608 e. The zero-order chi connectivity index (χ0) is 64.7. The zero-order valence-electron chi connectivity index (χ0n) is 58.7. The minimum Gasteiger partial charge on any atom is -0.418 e. The Labute approximate surface area is 535 Å². The number of aryl methyl sites for hydroxylation is 27. The predicted octanol–water partition coefficient (Wildman–Crippen LogP) is 14.3. The van der Waals surface area contributed by atoms with Crippen molar-refractivity contribution in [2.75, 3.05) is 0 Å². The van der Waals surface area contributed by atoms with Crippen LogP contribution >= 0.6 is 0 Å². The molecule has 7 heteroatoms. The lowest BCUT2D eigenvalue weighted by Gasteiger charge is -2.47. The summed E-state index contributed by atoms with van der Waals surface area (Å²) in [5, 5.41) is 11.1. The van der Waals surface area contributed by atoms with E-state index in [1.165, 1.54) is 197 Å². The molecule has 0 saturated carbocycles. The minimum absolute atomic E-state index is 1.20. The molecular weight excluding hydrogens is 1120 g/mol. The Morgan fingerprint density at radius 3 is 0.318 bits per heavy atom. The average Bonchev–Trinajstić information content (AvgIpc) is 0.731. The molecule has 88 heavy (non-hydrogen) atoms. The minimum atomic E-state index is -4.05. The molecule has 0 heterocycles. The molecule has 0 saturated heterocycles. The van der Waals surface area contributed by atoms with Crippen molar-refractivity contribution in [1.29, 1.82) is 0 Å². The zero-order valence-corrected chi connectivity index (χ0v) is 61.7. The van der Waals surface area contributed by atoms with Gasteiger partial charge in [-0.15, -0.1) is 0 Å². The Bertz CT molecular complexity index is 3230. The molecule has 9 aromatic carbocycles. The normalized spacial score (nSPS) is 12.2. The standard InChI is InChI=1S/C81H99BO3Si3/c1-46-28-55(10)73(56(11)29-46)86(74-57(12)30-47(2)31-58(74)13,75-59(14)32-48(3)33-60(75)15)83-82(84-87(76-61(16)34-49(4)35-62(76)17,77-63(18)36-50(5)37-64(77)19)78-65(20)38-51(6)39-66(78)21)85-88(79-67(22)40-52(7)41-68(79)23,80-69(24)42-53(8)43-70(80)25)81-71(26)44-54(9)45-72(81)27/h28-45H,1-27H3. The molecule has 0 aliphatic carbocycles. The molecule has 0 spiro atoms. The molecular formula is C81H99BO3Si3. The van der Waals surface area contributed by atoms with Crippen molar-refractivity contribution in [1.82, 2.24) is 0 Å². The summed E-state index contributed by atoms with van der Waals surface area (Å²) in [5.74, 6) is 0. The molecule has 0 aromatic heterocycles. The first kappa shape index (κ1) is 66.0. The van der Waals surface area contributed by atoms with Gasteiger partial charge in [-0.2, -0.15) is 0 Å². The molecule has 0 unspecified atom stereocenters. The Balaban J connectivity index is 1.66. The van der Waals surface area contributed by atoms with Crippen LogP contribution in [0.5, 0.6) is 0 Å². The van der Waals surface area contributed by atoms with Crippen LogP contribution in [0.3, 0.4) is 0 Å². The highest BCUT2D eigenvalue weighted by Gasteiger charge is 2.60. The van der Waals surface area contributed by atoms with E-state index in [0.717, 1.165) is 0 Å². The average molecular weight is 1220 g/mol. The summed E-state index contributed by atoms with van der Waals surface area (Å²) >= 11 is 0. The van der Waals surface area contributed by atoms with Crippen LogP contribution in [0.2, 0.25) is 0 Å². The fourth-order valence-electron chi connectivity index (χ4n) is 17.8. The lowest BCUT2D eigenvalue weighted by Crippen LogP contribution is -2.81. The molecule has 0 amide bonds. The maximum atomic E-state index is 9.43. The highest BCUT2D eigenvalue weighted by atomic mass is 28.4. The molecule has 0 atom stereocenters. The SMILES string of the molecule is Cc1cc(C)c([Si](OB(O[Si](c2c(C)cc(C)cc2C)(c2c(C)cc(C)cc2C)c2c(C)cc(C)cc2C)O[Si](c2c(C)cc(C)cc2C)(c2c(C)cc(C)cc2C)c2c(C)cc(C)cc2C)(c2c(C)cc(C)cc2C)c2c(C)cc(C)cc2C)c(C)c1. The first-order valence-electron chi connectivity index (χ1n) is 32.0. The molecule has 0 N–H and O–H groups in total. The molecule has 3 nitrogen and oxygen atoms in total. The monoisotopic (exact) mass is 1210 g/mol. The van der Waals surface area contributed by atoms with Gasteiger partial charge in [-0.1, -0.05) is 159 Å². The molecule has 0 radical (unpaired) electrons. The fraction of sp³-hybridized carbons (Fsp3) is 0.333.